The largest absolute Gasteiger partial charge is 0.283 e. The van der Waals surface area contributed by atoms with E-state index in [9.17, 15) is 14.4 Å². The normalized spacial score (nSPS) is 14.2. The van der Waals surface area contributed by atoms with Gasteiger partial charge in [-0.1, -0.05) is 54.2 Å². The molecule has 0 bridgehead atoms. The van der Waals surface area contributed by atoms with E-state index in [4.69, 9.17) is 0 Å². The van der Waals surface area contributed by atoms with Gasteiger partial charge in [0.2, 0.25) is 11.8 Å². The minimum Gasteiger partial charge on any atom is -0.283 e. The first-order chi connectivity index (χ1) is 13.6. The number of carbonyl (C=O) groups excluding carboxylic acids is 2. The molecule has 7 heteroatoms. The number of aromatic nitrogens is 2. The Labute approximate surface area is 166 Å². The van der Waals surface area contributed by atoms with Crippen LogP contribution in [0.4, 0.5) is 0 Å². The highest BCUT2D eigenvalue weighted by Crippen LogP contribution is 2.20. The van der Waals surface area contributed by atoms with Gasteiger partial charge in [0.05, 0.1) is 17.4 Å². The van der Waals surface area contributed by atoms with Crippen LogP contribution in [0.5, 0.6) is 0 Å². The van der Waals surface area contributed by atoms with Crippen LogP contribution in [0.25, 0.3) is 10.9 Å². The monoisotopic (exact) mass is 393 g/mol. The second-order valence-corrected chi connectivity index (χ2v) is 7.64. The number of hydrogen-bond acceptors (Lipinski definition) is 5. The van der Waals surface area contributed by atoms with E-state index in [1.165, 1.54) is 16.7 Å². The third-order valence-corrected chi connectivity index (χ3v) is 5.67. The summed E-state index contributed by atoms with van der Waals surface area (Å²) in [7, 11) is 0. The standard InChI is InChI=1S/C21H19N3O3S/c25-18-10-11-19(26)23(18)12-13-28-21-22-17-9-5-4-8-16(17)20(27)24(21)14-15-6-2-1-3-7-15/h1-9H,10-14H2. The first-order valence-corrected chi connectivity index (χ1v) is 10.1. The first kappa shape index (κ1) is 18.4. The molecule has 1 aliphatic heterocycles. The molecule has 1 fully saturated rings. The number of benzene rings is 2. The van der Waals surface area contributed by atoms with Crippen LogP contribution in [0.3, 0.4) is 0 Å². The molecule has 0 saturated carbocycles. The van der Waals surface area contributed by atoms with Gasteiger partial charge in [-0.05, 0) is 17.7 Å². The summed E-state index contributed by atoms with van der Waals surface area (Å²) < 4.78 is 1.66. The summed E-state index contributed by atoms with van der Waals surface area (Å²) in [6, 6.07) is 17.0. The van der Waals surface area contributed by atoms with Gasteiger partial charge in [0, 0.05) is 25.1 Å². The van der Waals surface area contributed by atoms with Crippen molar-refractivity contribution in [2.45, 2.75) is 24.5 Å². The molecule has 2 amide bonds. The van der Waals surface area contributed by atoms with Gasteiger partial charge in [-0.3, -0.25) is 23.9 Å². The van der Waals surface area contributed by atoms with E-state index in [2.05, 4.69) is 4.98 Å². The number of hydrogen-bond donors (Lipinski definition) is 0. The van der Waals surface area contributed by atoms with Crippen LogP contribution in [0.1, 0.15) is 18.4 Å². The van der Waals surface area contributed by atoms with E-state index in [0.29, 0.717) is 34.9 Å². The number of likely N-dealkylation sites (tertiary alicyclic amines) is 1. The predicted octanol–water partition coefficient (Wildman–Crippen LogP) is 2.69. The van der Waals surface area contributed by atoms with Gasteiger partial charge < -0.3 is 0 Å². The lowest BCUT2D eigenvalue weighted by Gasteiger charge is -2.16. The van der Waals surface area contributed by atoms with Crippen molar-refractivity contribution in [3.63, 3.8) is 0 Å². The Morgan fingerprint density at radius 1 is 0.893 bits per heavy atom. The van der Waals surface area contributed by atoms with E-state index >= 15 is 0 Å². The highest BCUT2D eigenvalue weighted by atomic mass is 32.2. The number of rotatable bonds is 6. The van der Waals surface area contributed by atoms with Crippen molar-refractivity contribution in [2.75, 3.05) is 12.3 Å². The molecule has 6 nitrogen and oxygen atoms in total. The Kier molecular flexibility index (Phi) is 5.25. The zero-order valence-electron chi connectivity index (χ0n) is 15.2. The molecule has 3 aromatic rings. The van der Waals surface area contributed by atoms with Crippen molar-refractivity contribution in [3.8, 4) is 0 Å². The summed E-state index contributed by atoms with van der Waals surface area (Å²) in [5, 5.41) is 1.17. The molecular formula is C21H19N3O3S. The maximum absolute atomic E-state index is 13.1. The summed E-state index contributed by atoms with van der Waals surface area (Å²) in [4.78, 5) is 42.6. The molecule has 0 atom stereocenters. The van der Waals surface area contributed by atoms with Gasteiger partial charge >= 0.3 is 0 Å². The van der Waals surface area contributed by atoms with Crippen molar-refractivity contribution in [1.82, 2.24) is 14.5 Å². The highest BCUT2D eigenvalue weighted by Gasteiger charge is 2.28. The number of thioether (sulfide) groups is 1. The van der Waals surface area contributed by atoms with Crippen molar-refractivity contribution in [2.24, 2.45) is 0 Å². The molecule has 2 aromatic carbocycles. The fraction of sp³-hybridized carbons (Fsp3) is 0.238. The Balaban J connectivity index is 1.63. The Morgan fingerprint density at radius 3 is 2.32 bits per heavy atom. The summed E-state index contributed by atoms with van der Waals surface area (Å²) in [6.07, 6.45) is 0.576. The smallest absolute Gasteiger partial charge is 0.262 e. The molecule has 28 heavy (non-hydrogen) atoms. The van der Waals surface area contributed by atoms with Crippen molar-refractivity contribution in [3.05, 3.63) is 70.5 Å². The molecule has 2 heterocycles. The van der Waals surface area contributed by atoms with Crippen molar-refractivity contribution >= 4 is 34.5 Å². The van der Waals surface area contributed by atoms with Gasteiger partial charge in [0.15, 0.2) is 5.16 Å². The minimum atomic E-state index is -0.126. The lowest BCUT2D eigenvalue weighted by atomic mass is 10.2. The van der Waals surface area contributed by atoms with Crippen molar-refractivity contribution in [1.29, 1.82) is 0 Å². The van der Waals surface area contributed by atoms with Crippen LogP contribution in [0, 0.1) is 0 Å². The van der Waals surface area contributed by atoms with Gasteiger partial charge in [-0.15, -0.1) is 0 Å². The number of para-hydroxylation sites is 1. The van der Waals surface area contributed by atoms with Gasteiger partial charge in [-0.25, -0.2) is 4.98 Å². The Morgan fingerprint density at radius 2 is 1.57 bits per heavy atom. The van der Waals surface area contributed by atoms with Gasteiger partial charge in [0.25, 0.3) is 5.56 Å². The fourth-order valence-electron chi connectivity index (χ4n) is 3.26. The zero-order chi connectivity index (χ0) is 19.5. The topological polar surface area (TPSA) is 72.3 Å². The molecule has 142 valence electrons. The van der Waals surface area contributed by atoms with Gasteiger partial charge in [-0.2, -0.15) is 0 Å². The average Bonchev–Trinajstić information content (AvgIpc) is 3.03. The molecule has 0 unspecified atom stereocenters. The molecule has 1 aromatic heterocycles. The molecule has 4 rings (SSSR count). The van der Waals surface area contributed by atoms with E-state index in [1.807, 2.05) is 48.5 Å². The summed E-state index contributed by atoms with van der Waals surface area (Å²) in [5.41, 5.74) is 1.56. The summed E-state index contributed by atoms with van der Waals surface area (Å²) in [5.74, 6) is 0.245. The van der Waals surface area contributed by atoms with E-state index in [1.54, 1.807) is 10.6 Å². The fourth-order valence-corrected chi connectivity index (χ4v) is 4.19. The second kappa shape index (κ2) is 7.98. The van der Waals surface area contributed by atoms with Crippen LogP contribution in [0.2, 0.25) is 0 Å². The molecule has 0 N–H and O–H groups in total. The molecule has 0 spiro atoms. The number of nitrogens with zero attached hydrogens (tertiary/aromatic N) is 3. The average molecular weight is 393 g/mol. The van der Waals surface area contributed by atoms with Crippen LogP contribution in [0.15, 0.2) is 64.5 Å². The third-order valence-electron chi connectivity index (χ3n) is 4.71. The Bertz CT molecular complexity index is 1080. The molecule has 1 aliphatic rings. The lowest BCUT2D eigenvalue weighted by molar-refractivity contribution is -0.137. The molecule has 0 aliphatic carbocycles. The number of amides is 2. The lowest BCUT2D eigenvalue weighted by Crippen LogP contribution is -2.31. The van der Waals surface area contributed by atoms with Crippen molar-refractivity contribution < 1.29 is 9.59 Å². The van der Waals surface area contributed by atoms with E-state index < -0.39 is 0 Å². The number of carbonyl (C=O) groups is 2. The van der Waals surface area contributed by atoms with Crippen LogP contribution in [-0.2, 0) is 16.1 Å². The minimum absolute atomic E-state index is 0.0923. The summed E-state index contributed by atoms with van der Waals surface area (Å²) >= 11 is 1.39. The first-order valence-electron chi connectivity index (χ1n) is 9.13. The highest BCUT2D eigenvalue weighted by molar-refractivity contribution is 7.99. The second-order valence-electron chi connectivity index (χ2n) is 6.58. The van der Waals surface area contributed by atoms with E-state index in [0.717, 1.165) is 5.56 Å². The van der Waals surface area contributed by atoms with Crippen LogP contribution in [-0.4, -0.2) is 38.6 Å². The molecule has 1 saturated heterocycles. The Hall–Kier alpha value is -2.93. The number of imide groups is 1. The predicted molar refractivity (Wildman–Crippen MR) is 108 cm³/mol. The summed E-state index contributed by atoms with van der Waals surface area (Å²) in [6.45, 7) is 0.748. The van der Waals surface area contributed by atoms with Crippen LogP contribution >= 0.6 is 11.8 Å². The molecular weight excluding hydrogens is 374 g/mol. The molecule has 0 radical (unpaired) electrons. The maximum Gasteiger partial charge on any atom is 0.262 e. The van der Waals surface area contributed by atoms with Crippen LogP contribution < -0.4 is 5.56 Å². The van der Waals surface area contributed by atoms with E-state index in [-0.39, 0.29) is 30.2 Å². The quantitative estimate of drug-likeness (QED) is 0.366. The SMILES string of the molecule is O=C1CCC(=O)N1CCSc1nc2ccccc2c(=O)n1Cc1ccccc1. The number of fused-ring (bicyclic) bond motifs is 1. The third kappa shape index (κ3) is 3.71. The zero-order valence-corrected chi connectivity index (χ0v) is 16.0. The van der Waals surface area contributed by atoms with Gasteiger partial charge in [0.1, 0.15) is 0 Å². The maximum atomic E-state index is 13.1.